The Kier molecular flexibility index (Phi) is 5.40. The van der Waals surface area contributed by atoms with E-state index in [1.807, 2.05) is 44.2 Å². The minimum Gasteiger partial charge on any atom is -0.507 e. The van der Waals surface area contributed by atoms with Crippen LogP contribution < -0.4 is 10.1 Å². The molecule has 3 aromatic rings. The monoisotopic (exact) mass is 366 g/mol. The molecule has 0 atom stereocenters. The Hall–Kier alpha value is -3.35. The van der Waals surface area contributed by atoms with Gasteiger partial charge in [-0.1, -0.05) is 19.9 Å². The lowest BCUT2D eigenvalue weighted by Gasteiger charge is -2.10. The second-order valence-electron chi connectivity index (χ2n) is 6.45. The molecule has 1 amide bonds. The number of methoxy groups -OCH3 is 1. The lowest BCUT2D eigenvalue weighted by atomic mass is 10.00. The first kappa shape index (κ1) is 18.4. The zero-order valence-electron chi connectivity index (χ0n) is 15.5. The van der Waals surface area contributed by atoms with Crippen LogP contribution in [-0.4, -0.2) is 33.3 Å². The fraction of sp³-hybridized carbons (Fsp3) is 0.250. The molecule has 0 aliphatic carbocycles. The zero-order valence-corrected chi connectivity index (χ0v) is 15.5. The number of carbonyl (C=O) groups excluding carboxylic acids is 1. The smallest absolute Gasteiger partial charge is 0.255 e. The van der Waals surface area contributed by atoms with E-state index in [0.717, 1.165) is 16.9 Å². The highest BCUT2D eigenvalue weighted by Gasteiger charge is 2.14. The fourth-order valence-electron chi connectivity index (χ4n) is 2.60. The largest absolute Gasteiger partial charge is 0.507 e. The summed E-state index contributed by atoms with van der Waals surface area (Å²) < 4.78 is 5.13. The molecule has 0 aliphatic rings. The number of aromatic amines is 1. The first-order chi connectivity index (χ1) is 13.0. The Morgan fingerprint density at radius 1 is 1.22 bits per heavy atom. The number of benzene rings is 2. The van der Waals surface area contributed by atoms with Crippen LogP contribution in [0.15, 0.2) is 42.5 Å². The molecule has 0 aliphatic heterocycles. The van der Waals surface area contributed by atoms with E-state index >= 15 is 0 Å². The van der Waals surface area contributed by atoms with Crippen LogP contribution in [0.5, 0.6) is 11.5 Å². The van der Waals surface area contributed by atoms with Crippen LogP contribution >= 0.6 is 0 Å². The molecular formula is C20H22N4O3. The number of hydrogen-bond donors (Lipinski definition) is 3. The van der Waals surface area contributed by atoms with E-state index in [0.29, 0.717) is 11.6 Å². The zero-order chi connectivity index (χ0) is 19.4. The highest BCUT2D eigenvalue weighted by atomic mass is 16.5. The summed E-state index contributed by atoms with van der Waals surface area (Å²) >= 11 is 0. The molecule has 0 bridgehead atoms. The molecule has 1 aromatic heterocycles. The van der Waals surface area contributed by atoms with Gasteiger partial charge < -0.3 is 15.2 Å². The summed E-state index contributed by atoms with van der Waals surface area (Å²) in [5.74, 6) is 1.66. The van der Waals surface area contributed by atoms with Gasteiger partial charge in [0.25, 0.3) is 5.91 Å². The van der Waals surface area contributed by atoms with Gasteiger partial charge in [0.2, 0.25) is 0 Å². The van der Waals surface area contributed by atoms with Crippen LogP contribution in [0.2, 0.25) is 0 Å². The number of phenolic OH excluding ortho intramolecular Hbond substituents is 1. The summed E-state index contributed by atoms with van der Waals surface area (Å²) in [6.45, 7) is 4.24. The number of ether oxygens (including phenoxy) is 1. The number of nitrogens with one attached hydrogen (secondary N) is 2. The van der Waals surface area contributed by atoms with Gasteiger partial charge in [0.1, 0.15) is 17.3 Å². The molecule has 140 valence electrons. The Balaban J connectivity index is 1.67. The molecule has 7 nitrogen and oxygen atoms in total. The summed E-state index contributed by atoms with van der Waals surface area (Å²) in [7, 11) is 1.61. The van der Waals surface area contributed by atoms with Gasteiger partial charge in [0.05, 0.1) is 19.2 Å². The lowest BCUT2D eigenvalue weighted by molar-refractivity contribution is 0.0947. The quantitative estimate of drug-likeness (QED) is 0.622. The maximum Gasteiger partial charge on any atom is 0.255 e. The van der Waals surface area contributed by atoms with Crippen molar-refractivity contribution in [3.63, 3.8) is 0 Å². The number of H-pyrrole nitrogens is 1. The topological polar surface area (TPSA) is 100 Å². The Morgan fingerprint density at radius 3 is 2.63 bits per heavy atom. The maximum absolute atomic E-state index is 12.4. The van der Waals surface area contributed by atoms with E-state index in [1.54, 1.807) is 19.2 Å². The number of amides is 1. The lowest BCUT2D eigenvalue weighted by Crippen LogP contribution is -2.23. The molecule has 0 radical (unpaired) electrons. The SMILES string of the molecule is COc1ccc(-c2n[nH]c(CNC(=O)c3cc(C(C)C)ccc3O)n2)cc1. The molecular weight excluding hydrogens is 344 g/mol. The van der Waals surface area contributed by atoms with Crippen molar-refractivity contribution >= 4 is 5.91 Å². The van der Waals surface area contributed by atoms with Crippen LogP contribution in [0, 0.1) is 0 Å². The molecule has 0 unspecified atom stereocenters. The number of hydrogen-bond acceptors (Lipinski definition) is 5. The Morgan fingerprint density at radius 2 is 1.96 bits per heavy atom. The van der Waals surface area contributed by atoms with E-state index in [-0.39, 0.29) is 29.7 Å². The second-order valence-corrected chi connectivity index (χ2v) is 6.45. The number of aromatic hydroxyl groups is 1. The van der Waals surface area contributed by atoms with Gasteiger partial charge in [-0.3, -0.25) is 9.89 Å². The van der Waals surface area contributed by atoms with Crippen molar-refractivity contribution in [2.75, 3.05) is 7.11 Å². The Labute approximate surface area is 157 Å². The molecule has 1 heterocycles. The van der Waals surface area contributed by atoms with Gasteiger partial charge in [-0.15, -0.1) is 0 Å². The molecule has 7 heteroatoms. The minimum atomic E-state index is -0.364. The van der Waals surface area contributed by atoms with Crippen LogP contribution in [0.3, 0.4) is 0 Å². The number of rotatable bonds is 6. The van der Waals surface area contributed by atoms with Crippen LogP contribution in [0.1, 0.15) is 41.5 Å². The van der Waals surface area contributed by atoms with Crippen molar-refractivity contribution in [3.8, 4) is 22.9 Å². The third kappa shape index (κ3) is 4.25. The molecule has 3 rings (SSSR count). The third-order valence-electron chi connectivity index (χ3n) is 4.23. The van der Waals surface area contributed by atoms with Gasteiger partial charge in [-0.2, -0.15) is 5.10 Å². The molecule has 27 heavy (non-hydrogen) atoms. The number of nitrogens with zero attached hydrogens (tertiary/aromatic N) is 2. The second kappa shape index (κ2) is 7.90. The third-order valence-corrected chi connectivity index (χ3v) is 4.23. The summed E-state index contributed by atoms with van der Waals surface area (Å²) in [6, 6.07) is 12.4. The van der Waals surface area contributed by atoms with Gasteiger partial charge in [-0.05, 0) is 47.9 Å². The van der Waals surface area contributed by atoms with Crippen LogP contribution in [0.25, 0.3) is 11.4 Å². The van der Waals surface area contributed by atoms with Gasteiger partial charge in [0, 0.05) is 5.56 Å². The van der Waals surface area contributed by atoms with Crippen molar-refractivity contribution in [3.05, 3.63) is 59.4 Å². The first-order valence-corrected chi connectivity index (χ1v) is 8.64. The molecule has 0 fully saturated rings. The van der Waals surface area contributed by atoms with Gasteiger partial charge in [0.15, 0.2) is 5.82 Å². The predicted molar refractivity (Wildman–Crippen MR) is 102 cm³/mol. The number of phenols is 1. The number of aromatic nitrogens is 3. The molecule has 3 N–H and O–H groups in total. The average Bonchev–Trinajstić information content (AvgIpc) is 3.15. The van der Waals surface area contributed by atoms with Crippen LogP contribution in [0.4, 0.5) is 0 Å². The van der Waals surface area contributed by atoms with E-state index < -0.39 is 0 Å². The number of carbonyl (C=O) groups is 1. The normalized spacial score (nSPS) is 10.8. The molecule has 0 spiro atoms. The molecule has 0 saturated heterocycles. The van der Waals surface area contributed by atoms with E-state index in [1.165, 1.54) is 0 Å². The first-order valence-electron chi connectivity index (χ1n) is 8.64. The molecule has 2 aromatic carbocycles. The van der Waals surface area contributed by atoms with Gasteiger partial charge in [-0.25, -0.2) is 4.98 Å². The van der Waals surface area contributed by atoms with Crippen molar-refractivity contribution in [1.82, 2.24) is 20.5 Å². The standard InChI is InChI=1S/C20H22N4O3/c1-12(2)14-6-9-17(25)16(10-14)20(26)21-11-18-22-19(24-23-18)13-4-7-15(27-3)8-5-13/h4-10,12,25H,11H2,1-3H3,(H,21,26)(H,22,23,24). The molecule has 0 saturated carbocycles. The van der Waals surface area contributed by atoms with Crippen molar-refractivity contribution < 1.29 is 14.6 Å². The summed E-state index contributed by atoms with van der Waals surface area (Å²) in [5, 5.41) is 19.7. The van der Waals surface area contributed by atoms with Crippen molar-refractivity contribution in [2.45, 2.75) is 26.3 Å². The highest BCUT2D eigenvalue weighted by molar-refractivity contribution is 5.96. The van der Waals surface area contributed by atoms with Crippen LogP contribution in [-0.2, 0) is 6.54 Å². The summed E-state index contributed by atoms with van der Waals surface area (Å²) in [5.41, 5.74) is 2.07. The van der Waals surface area contributed by atoms with Crippen molar-refractivity contribution in [1.29, 1.82) is 0 Å². The Bertz CT molecular complexity index is 933. The van der Waals surface area contributed by atoms with Gasteiger partial charge >= 0.3 is 0 Å². The van der Waals surface area contributed by atoms with Crippen molar-refractivity contribution in [2.24, 2.45) is 0 Å². The fourth-order valence-corrected chi connectivity index (χ4v) is 2.60. The predicted octanol–water partition coefficient (Wildman–Crippen LogP) is 3.24. The maximum atomic E-state index is 12.4. The average molecular weight is 366 g/mol. The summed E-state index contributed by atoms with van der Waals surface area (Å²) in [4.78, 5) is 16.8. The van der Waals surface area contributed by atoms with E-state index in [9.17, 15) is 9.90 Å². The summed E-state index contributed by atoms with van der Waals surface area (Å²) in [6.07, 6.45) is 0. The van der Waals surface area contributed by atoms with E-state index in [4.69, 9.17) is 4.74 Å². The highest BCUT2D eigenvalue weighted by Crippen LogP contribution is 2.23. The minimum absolute atomic E-state index is 0.0478. The van der Waals surface area contributed by atoms with E-state index in [2.05, 4.69) is 20.5 Å².